The van der Waals surface area contributed by atoms with Crippen LogP contribution in [0.4, 0.5) is 0 Å². The summed E-state index contributed by atoms with van der Waals surface area (Å²) in [5.74, 6) is 1.52. The fourth-order valence-corrected chi connectivity index (χ4v) is 3.40. The molecule has 1 heterocycles. The quantitative estimate of drug-likeness (QED) is 0.764. The molecule has 106 valence electrons. The van der Waals surface area contributed by atoms with Crippen LogP contribution in [0.3, 0.4) is 0 Å². The number of ketones is 1. The Bertz CT molecular complexity index is 719. The van der Waals surface area contributed by atoms with Crippen LogP contribution in [0.5, 0.6) is 5.75 Å². The predicted octanol–water partition coefficient (Wildman–Crippen LogP) is 5.03. The molecule has 21 heavy (non-hydrogen) atoms. The third kappa shape index (κ3) is 2.40. The molecular formula is C18H15BrO2. The van der Waals surface area contributed by atoms with Gasteiger partial charge in [0, 0.05) is 4.47 Å². The smallest absolute Gasteiger partial charge is 0.170 e. The molecule has 1 saturated carbocycles. The summed E-state index contributed by atoms with van der Waals surface area (Å²) in [4.78, 5) is 12.4. The van der Waals surface area contributed by atoms with Crippen molar-refractivity contribution in [2.24, 2.45) is 0 Å². The number of carbonyl (C=O) groups excluding carboxylic acids is 1. The summed E-state index contributed by atoms with van der Waals surface area (Å²) in [5, 5.41) is 0. The van der Waals surface area contributed by atoms with Crippen molar-refractivity contribution in [2.75, 3.05) is 0 Å². The van der Waals surface area contributed by atoms with Gasteiger partial charge in [0.1, 0.15) is 11.9 Å². The number of hydrogen-bond acceptors (Lipinski definition) is 2. The highest BCUT2D eigenvalue weighted by molar-refractivity contribution is 9.10. The van der Waals surface area contributed by atoms with Crippen LogP contribution >= 0.6 is 15.9 Å². The first-order chi connectivity index (χ1) is 10.2. The second kappa shape index (κ2) is 4.99. The predicted molar refractivity (Wildman–Crippen MR) is 84.9 cm³/mol. The van der Waals surface area contributed by atoms with Gasteiger partial charge < -0.3 is 4.74 Å². The highest BCUT2D eigenvalue weighted by Gasteiger charge is 2.33. The van der Waals surface area contributed by atoms with Crippen LogP contribution in [-0.2, 0) is 0 Å². The van der Waals surface area contributed by atoms with E-state index in [9.17, 15) is 4.79 Å². The lowest BCUT2D eigenvalue weighted by molar-refractivity contribution is 0.0849. The van der Waals surface area contributed by atoms with Crippen molar-refractivity contribution in [2.45, 2.75) is 31.3 Å². The van der Waals surface area contributed by atoms with Crippen LogP contribution in [-0.4, -0.2) is 5.78 Å². The molecule has 0 bridgehead atoms. The van der Waals surface area contributed by atoms with Crippen LogP contribution in [0.2, 0.25) is 0 Å². The van der Waals surface area contributed by atoms with Crippen molar-refractivity contribution >= 4 is 21.7 Å². The van der Waals surface area contributed by atoms with E-state index in [0.717, 1.165) is 4.47 Å². The molecule has 1 fully saturated rings. The van der Waals surface area contributed by atoms with E-state index in [-0.39, 0.29) is 11.9 Å². The number of benzene rings is 2. The normalized spacial score (nSPS) is 20.8. The standard InChI is InChI=1S/C18H15BrO2/c19-12-7-8-17-15(9-12)16(20)10-18(21-17)14-4-2-1-3-13(14)11-5-6-11/h1-4,7-9,11,18H,5-6,10H2. The molecule has 2 nitrogen and oxygen atoms in total. The van der Waals surface area contributed by atoms with Crippen molar-refractivity contribution < 1.29 is 9.53 Å². The number of hydrogen-bond donors (Lipinski definition) is 0. The summed E-state index contributed by atoms with van der Waals surface area (Å²) in [6.07, 6.45) is 2.78. The van der Waals surface area contributed by atoms with Crippen molar-refractivity contribution in [1.82, 2.24) is 0 Å². The SMILES string of the molecule is O=C1CC(c2ccccc2C2CC2)Oc2ccc(Br)cc21. The van der Waals surface area contributed by atoms with Gasteiger partial charge in [-0.25, -0.2) is 0 Å². The third-order valence-electron chi connectivity index (χ3n) is 4.24. The van der Waals surface area contributed by atoms with Gasteiger partial charge in [-0.05, 0) is 48.1 Å². The topological polar surface area (TPSA) is 26.3 Å². The molecule has 2 aliphatic rings. The highest BCUT2D eigenvalue weighted by atomic mass is 79.9. The zero-order valence-corrected chi connectivity index (χ0v) is 13.1. The van der Waals surface area contributed by atoms with Crippen LogP contribution in [0, 0.1) is 0 Å². The molecule has 2 aromatic rings. The van der Waals surface area contributed by atoms with E-state index in [1.165, 1.54) is 24.0 Å². The van der Waals surface area contributed by atoms with Gasteiger partial charge in [-0.15, -0.1) is 0 Å². The van der Waals surface area contributed by atoms with Gasteiger partial charge in [0.25, 0.3) is 0 Å². The minimum Gasteiger partial charge on any atom is -0.484 e. The zero-order valence-electron chi connectivity index (χ0n) is 11.5. The molecule has 1 aliphatic heterocycles. The molecule has 2 aromatic carbocycles. The summed E-state index contributed by atoms with van der Waals surface area (Å²) >= 11 is 3.41. The van der Waals surface area contributed by atoms with E-state index in [1.807, 2.05) is 24.3 Å². The monoisotopic (exact) mass is 342 g/mol. The van der Waals surface area contributed by atoms with Crippen molar-refractivity contribution in [3.05, 3.63) is 63.6 Å². The molecule has 0 amide bonds. The lowest BCUT2D eigenvalue weighted by Gasteiger charge is -2.27. The summed E-state index contributed by atoms with van der Waals surface area (Å²) < 4.78 is 7.03. The van der Waals surface area contributed by atoms with Crippen molar-refractivity contribution in [3.8, 4) is 5.75 Å². The minimum absolute atomic E-state index is 0.150. The molecule has 4 rings (SSSR count). The molecular weight excluding hydrogens is 328 g/mol. The molecule has 0 N–H and O–H groups in total. The van der Waals surface area contributed by atoms with Crippen LogP contribution in [0.15, 0.2) is 46.9 Å². The van der Waals surface area contributed by atoms with E-state index >= 15 is 0 Å². The molecule has 1 unspecified atom stereocenters. The van der Waals surface area contributed by atoms with Gasteiger partial charge in [-0.2, -0.15) is 0 Å². The van der Waals surface area contributed by atoms with Gasteiger partial charge in [0.2, 0.25) is 0 Å². The Labute approximate surface area is 132 Å². The first-order valence-corrected chi connectivity index (χ1v) is 8.10. The summed E-state index contributed by atoms with van der Waals surface area (Å²) in [6, 6.07) is 14.0. The first-order valence-electron chi connectivity index (χ1n) is 7.30. The molecule has 0 radical (unpaired) electrons. The van der Waals surface area contributed by atoms with E-state index in [0.29, 0.717) is 23.7 Å². The Morgan fingerprint density at radius 3 is 2.57 bits per heavy atom. The van der Waals surface area contributed by atoms with E-state index in [1.54, 1.807) is 0 Å². The Balaban J connectivity index is 1.72. The number of fused-ring (bicyclic) bond motifs is 1. The fourth-order valence-electron chi connectivity index (χ4n) is 3.04. The van der Waals surface area contributed by atoms with Crippen LogP contribution in [0.1, 0.15) is 52.8 Å². The number of carbonyl (C=O) groups is 1. The Morgan fingerprint density at radius 2 is 1.81 bits per heavy atom. The molecule has 1 atom stereocenters. The van der Waals surface area contributed by atoms with Gasteiger partial charge in [-0.1, -0.05) is 40.2 Å². The van der Waals surface area contributed by atoms with Gasteiger partial charge >= 0.3 is 0 Å². The Kier molecular flexibility index (Phi) is 3.11. The second-order valence-corrected chi connectivity index (χ2v) is 6.69. The van der Waals surface area contributed by atoms with Gasteiger partial charge in [-0.3, -0.25) is 4.79 Å². The second-order valence-electron chi connectivity index (χ2n) is 5.78. The number of Topliss-reactive ketones (excluding diaryl/α,β-unsaturated/α-hetero) is 1. The molecule has 0 saturated heterocycles. The van der Waals surface area contributed by atoms with Crippen molar-refractivity contribution in [1.29, 1.82) is 0 Å². The first kappa shape index (κ1) is 13.1. The Morgan fingerprint density at radius 1 is 1.05 bits per heavy atom. The maximum atomic E-state index is 12.4. The summed E-state index contributed by atoms with van der Waals surface area (Å²) in [6.45, 7) is 0. The lowest BCUT2D eigenvalue weighted by Crippen LogP contribution is -2.21. The zero-order chi connectivity index (χ0) is 14.4. The summed E-state index contributed by atoms with van der Waals surface area (Å²) in [5.41, 5.74) is 3.22. The van der Waals surface area contributed by atoms with E-state index < -0.39 is 0 Å². The lowest BCUT2D eigenvalue weighted by atomic mass is 9.92. The number of ether oxygens (including phenoxy) is 1. The summed E-state index contributed by atoms with van der Waals surface area (Å²) in [7, 11) is 0. The average Bonchev–Trinajstić information content (AvgIpc) is 3.32. The number of rotatable bonds is 2. The molecule has 0 spiro atoms. The molecule has 3 heteroatoms. The number of halogens is 1. The maximum absolute atomic E-state index is 12.4. The molecule has 1 aliphatic carbocycles. The largest absolute Gasteiger partial charge is 0.484 e. The van der Waals surface area contributed by atoms with E-state index in [2.05, 4.69) is 34.1 Å². The van der Waals surface area contributed by atoms with Gasteiger partial charge in [0.15, 0.2) is 5.78 Å². The van der Waals surface area contributed by atoms with E-state index in [4.69, 9.17) is 4.74 Å². The third-order valence-corrected chi connectivity index (χ3v) is 4.74. The average molecular weight is 343 g/mol. The van der Waals surface area contributed by atoms with Crippen LogP contribution < -0.4 is 4.74 Å². The maximum Gasteiger partial charge on any atom is 0.170 e. The van der Waals surface area contributed by atoms with Crippen LogP contribution in [0.25, 0.3) is 0 Å². The van der Waals surface area contributed by atoms with Gasteiger partial charge in [0.05, 0.1) is 12.0 Å². The highest BCUT2D eigenvalue weighted by Crippen LogP contribution is 2.45. The minimum atomic E-state index is -0.150. The molecule has 0 aromatic heterocycles. The Hall–Kier alpha value is -1.61. The van der Waals surface area contributed by atoms with Crippen molar-refractivity contribution in [3.63, 3.8) is 0 Å². The fraction of sp³-hybridized carbons (Fsp3) is 0.278.